The lowest BCUT2D eigenvalue weighted by molar-refractivity contribution is 0.0457. The average Bonchev–Trinajstić information content (AvgIpc) is 2.65. The Balaban J connectivity index is 1.23. The van der Waals surface area contributed by atoms with Crippen LogP contribution in [0.1, 0.15) is 43.2 Å². The van der Waals surface area contributed by atoms with E-state index in [0.29, 0.717) is 6.04 Å². The Kier molecular flexibility index (Phi) is 5.09. The Labute approximate surface area is 146 Å². The van der Waals surface area contributed by atoms with Crippen molar-refractivity contribution in [3.05, 3.63) is 29.3 Å². The molecule has 1 N–H and O–H groups in total. The maximum Gasteiger partial charge on any atom is 0.122 e. The quantitative estimate of drug-likeness (QED) is 0.811. The van der Waals surface area contributed by atoms with Crippen LogP contribution in [0.2, 0.25) is 0 Å². The van der Waals surface area contributed by atoms with Gasteiger partial charge in [0, 0.05) is 12.6 Å². The van der Waals surface area contributed by atoms with Gasteiger partial charge in [0.05, 0.1) is 7.11 Å². The van der Waals surface area contributed by atoms with Gasteiger partial charge in [-0.3, -0.25) is 0 Å². The molecule has 0 amide bonds. The molecule has 3 fully saturated rings. The number of rotatable bonds is 6. The summed E-state index contributed by atoms with van der Waals surface area (Å²) in [4.78, 5) is 2.68. The van der Waals surface area contributed by atoms with E-state index in [1.165, 1.54) is 75.8 Å². The van der Waals surface area contributed by atoms with Gasteiger partial charge in [-0.25, -0.2) is 0 Å². The number of aryl methyl sites for hydroxylation is 1. The molecule has 0 radical (unpaired) electrons. The summed E-state index contributed by atoms with van der Waals surface area (Å²) in [5.74, 6) is 3.08. The molecular weight excluding hydrogens is 296 g/mol. The fourth-order valence-electron chi connectivity index (χ4n) is 5.21. The Morgan fingerprint density at radius 1 is 1.21 bits per heavy atom. The maximum atomic E-state index is 5.56. The van der Waals surface area contributed by atoms with Crippen LogP contribution in [-0.2, 0) is 12.8 Å². The number of ether oxygens (including phenoxy) is 1. The minimum atomic E-state index is 0.625. The van der Waals surface area contributed by atoms with Crippen LogP contribution in [0, 0.1) is 11.8 Å². The van der Waals surface area contributed by atoms with Gasteiger partial charge >= 0.3 is 0 Å². The second kappa shape index (κ2) is 7.45. The van der Waals surface area contributed by atoms with Crippen LogP contribution < -0.4 is 10.1 Å². The van der Waals surface area contributed by atoms with E-state index in [4.69, 9.17) is 4.74 Å². The molecule has 4 aliphatic rings. The Hall–Kier alpha value is -1.06. The third-order valence-electron chi connectivity index (χ3n) is 6.64. The summed E-state index contributed by atoms with van der Waals surface area (Å²) in [5.41, 5.74) is 2.92. The zero-order chi connectivity index (χ0) is 16.4. The van der Waals surface area contributed by atoms with Crippen molar-refractivity contribution in [3.63, 3.8) is 0 Å². The lowest BCUT2D eigenvalue weighted by atomic mass is 9.77. The van der Waals surface area contributed by atoms with Gasteiger partial charge < -0.3 is 15.0 Å². The maximum absolute atomic E-state index is 5.56. The van der Waals surface area contributed by atoms with Gasteiger partial charge in [-0.15, -0.1) is 0 Å². The van der Waals surface area contributed by atoms with E-state index in [-0.39, 0.29) is 0 Å². The van der Waals surface area contributed by atoms with Crippen LogP contribution in [0.4, 0.5) is 0 Å². The molecule has 0 aromatic heterocycles. The third kappa shape index (κ3) is 3.48. The molecular formula is C21H32N2O. The molecule has 2 atom stereocenters. The van der Waals surface area contributed by atoms with Gasteiger partial charge in [-0.05, 0) is 93.6 Å². The second-order valence-corrected chi connectivity index (χ2v) is 8.03. The predicted octanol–water partition coefficient (Wildman–Crippen LogP) is 3.26. The van der Waals surface area contributed by atoms with Crippen LogP contribution in [0.25, 0.3) is 0 Å². The third-order valence-corrected chi connectivity index (χ3v) is 6.64. The first-order chi connectivity index (χ1) is 11.8. The highest BCUT2D eigenvalue weighted by molar-refractivity contribution is 5.42. The second-order valence-electron chi connectivity index (χ2n) is 8.03. The first-order valence-electron chi connectivity index (χ1n) is 9.94. The van der Waals surface area contributed by atoms with Crippen LogP contribution >= 0.6 is 0 Å². The predicted molar refractivity (Wildman–Crippen MR) is 98.7 cm³/mol. The summed E-state index contributed by atoms with van der Waals surface area (Å²) >= 11 is 0. The van der Waals surface area contributed by atoms with Crippen LogP contribution in [0.15, 0.2) is 18.2 Å². The molecule has 3 heterocycles. The lowest BCUT2D eigenvalue weighted by Crippen LogP contribution is -2.47. The first kappa shape index (κ1) is 16.4. The number of fused-ring (bicyclic) bond motifs is 4. The van der Waals surface area contributed by atoms with E-state index in [1.807, 2.05) is 0 Å². The van der Waals surface area contributed by atoms with Crippen LogP contribution in [0.5, 0.6) is 5.75 Å². The summed E-state index contributed by atoms with van der Waals surface area (Å²) in [6.45, 7) is 5.28. The van der Waals surface area contributed by atoms with Crippen LogP contribution in [0.3, 0.4) is 0 Å². The minimum absolute atomic E-state index is 0.625. The number of benzene rings is 1. The van der Waals surface area contributed by atoms with Crippen molar-refractivity contribution in [1.82, 2.24) is 10.2 Å². The van der Waals surface area contributed by atoms with Gasteiger partial charge in [0.15, 0.2) is 0 Å². The topological polar surface area (TPSA) is 24.5 Å². The molecule has 3 saturated heterocycles. The van der Waals surface area contributed by atoms with Crippen LogP contribution in [-0.4, -0.2) is 44.2 Å². The van der Waals surface area contributed by atoms with E-state index in [1.54, 1.807) is 7.11 Å². The fourth-order valence-corrected chi connectivity index (χ4v) is 5.21. The van der Waals surface area contributed by atoms with Crippen molar-refractivity contribution in [3.8, 4) is 5.75 Å². The molecule has 24 heavy (non-hydrogen) atoms. The molecule has 3 heteroatoms. The van der Waals surface area contributed by atoms with Crippen molar-refractivity contribution in [1.29, 1.82) is 0 Å². The highest BCUT2D eigenvalue weighted by Gasteiger charge is 2.33. The van der Waals surface area contributed by atoms with Crippen molar-refractivity contribution in [2.24, 2.45) is 11.8 Å². The standard InChI is InChI=1S/C21H32N2O/c1-24-21-6-2-4-17-7-8-19(14-20(17)21)22-11-3-5-18-15-23-12-9-16(18)10-13-23/h2,4,6,16,18-19,22H,3,5,7-15H2,1H3. The monoisotopic (exact) mass is 328 g/mol. The lowest BCUT2D eigenvalue weighted by Gasteiger charge is -2.45. The number of piperidine rings is 3. The minimum Gasteiger partial charge on any atom is -0.496 e. The first-order valence-corrected chi connectivity index (χ1v) is 9.94. The smallest absolute Gasteiger partial charge is 0.122 e. The van der Waals surface area contributed by atoms with E-state index >= 15 is 0 Å². The van der Waals surface area contributed by atoms with E-state index in [0.717, 1.165) is 24.0 Å². The molecule has 0 saturated carbocycles. The summed E-state index contributed by atoms with van der Waals surface area (Å²) in [7, 11) is 1.79. The van der Waals surface area contributed by atoms with Gasteiger partial charge in [0.1, 0.15) is 5.75 Å². The molecule has 2 unspecified atom stereocenters. The zero-order valence-electron chi connectivity index (χ0n) is 15.1. The molecule has 1 aliphatic carbocycles. The van der Waals surface area contributed by atoms with Gasteiger partial charge in [-0.2, -0.15) is 0 Å². The van der Waals surface area contributed by atoms with E-state index in [9.17, 15) is 0 Å². The number of nitrogens with zero attached hydrogens (tertiary/aromatic N) is 1. The van der Waals surface area contributed by atoms with Gasteiger partial charge in [-0.1, -0.05) is 12.1 Å². The molecule has 3 aliphatic heterocycles. The molecule has 0 spiro atoms. The summed E-state index contributed by atoms with van der Waals surface area (Å²) in [6, 6.07) is 7.12. The fraction of sp³-hybridized carbons (Fsp3) is 0.714. The van der Waals surface area contributed by atoms with Crippen molar-refractivity contribution in [2.45, 2.75) is 51.0 Å². The largest absolute Gasteiger partial charge is 0.496 e. The molecule has 1 aromatic rings. The summed E-state index contributed by atoms with van der Waals surface area (Å²) in [5, 5.41) is 3.83. The van der Waals surface area contributed by atoms with E-state index < -0.39 is 0 Å². The average molecular weight is 329 g/mol. The zero-order valence-corrected chi connectivity index (χ0v) is 15.1. The molecule has 2 bridgehead atoms. The normalized spacial score (nSPS) is 31.7. The summed E-state index contributed by atoms with van der Waals surface area (Å²) < 4.78 is 5.56. The number of hydrogen-bond acceptors (Lipinski definition) is 3. The van der Waals surface area contributed by atoms with E-state index in [2.05, 4.69) is 28.4 Å². The Bertz CT molecular complexity index is 537. The van der Waals surface area contributed by atoms with Gasteiger partial charge in [0.2, 0.25) is 0 Å². The Morgan fingerprint density at radius 2 is 2.08 bits per heavy atom. The molecule has 5 rings (SSSR count). The molecule has 3 nitrogen and oxygen atoms in total. The highest BCUT2D eigenvalue weighted by atomic mass is 16.5. The van der Waals surface area contributed by atoms with Gasteiger partial charge in [0.25, 0.3) is 0 Å². The van der Waals surface area contributed by atoms with Crippen molar-refractivity contribution in [2.75, 3.05) is 33.3 Å². The summed E-state index contributed by atoms with van der Waals surface area (Å²) in [6.07, 6.45) is 9.24. The number of methoxy groups -OCH3 is 1. The number of nitrogens with one attached hydrogen (secondary N) is 1. The van der Waals surface area contributed by atoms with Crippen molar-refractivity contribution >= 4 is 0 Å². The molecule has 1 aromatic carbocycles. The highest BCUT2D eigenvalue weighted by Crippen LogP contribution is 2.35. The molecule has 132 valence electrons. The number of hydrogen-bond donors (Lipinski definition) is 1. The van der Waals surface area contributed by atoms with Crippen molar-refractivity contribution < 1.29 is 4.74 Å². The SMILES string of the molecule is COc1cccc2c1CC(NCCCC1CN3CCC1CC3)CC2. The Morgan fingerprint density at radius 3 is 2.83 bits per heavy atom.